The minimum absolute atomic E-state index is 0.0612. The van der Waals surface area contributed by atoms with Gasteiger partial charge in [0.15, 0.2) is 0 Å². The van der Waals surface area contributed by atoms with Crippen LogP contribution in [0, 0.1) is 23.7 Å². The number of amides is 1. The third-order valence-electron chi connectivity index (χ3n) is 6.00. The molecule has 5 nitrogen and oxygen atoms in total. The molecule has 7 heteroatoms. The zero-order chi connectivity index (χ0) is 19.4. The van der Waals surface area contributed by atoms with Crippen molar-refractivity contribution in [2.45, 2.75) is 17.4 Å². The molecule has 1 N–H and O–H groups in total. The molecule has 2 aromatic rings. The molecule has 2 aromatic carbocycles. The van der Waals surface area contributed by atoms with Crippen LogP contribution >= 0.6 is 27.5 Å². The highest BCUT2D eigenvalue weighted by Gasteiger charge is 2.67. The first kappa shape index (κ1) is 18.0. The number of anilines is 1. The fourth-order valence-electron chi connectivity index (χ4n) is 4.80. The number of benzene rings is 2. The Morgan fingerprint density at radius 2 is 1.71 bits per heavy atom. The smallest absolute Gasteiger partial charge is 0.310 e. The fourth-order valence-corrected chi connectivity index (χ4v) is 5.97. The Balaban J connectivity index is 1.27. The average Bonchev–Trinajstić information content (AvgIpc) is 3.29. The highest BCUT2D eigenvalue weighted by Crippen LogP contribution is 2.60. The molecule has 2 saturated carbocycles. The Hall–Kier alpha value is -2.05. The zero-order valence-electron chi connectivity index (χ0n) is 14.7. The monoisotopic (exact) mass is 461 g/mol. The molecule has 1 saturated heterocycles. The molecule has 144 valence electrons. The van der Waals surface area contributed by atoms with E-state index in [1.165, 1.54) is 0 Å². The molecule has 2 aliphatic carbocycles. The number of ether oxygens (including phenoxy) is 2. The molecule has 28 heavy (non-hydrogen) atoms. The van der Waals surface area contributed by atoms with E-state index in [2.05, 4.69) is 21.2 Å². The Morgan fingerprint density at radius 3 is 2.39 bits per heavy atom. The van der Waals surface area contributed by atoms with E-state index in [4.69, 9.17) is 21.1 Å². The van der Waals surface area contributed by atoms with Crippen molar-refractivity contribution in [3.63, 3.8) is 0 Å². The van der Waals surface area contributed by atoms with E-state index in [9.17, 15) is 9.59 Å². The first-order valence-electron chi connectivity index (χ1n) is 9.20. The van der Waals surface area contributed by atoms with Gasteiger partial charge in [0.1, 0.15) is 17.6 Å². The van der Waals surface area contributed by atoms with Crippen molar-refractivity contribution < 1.29 is 19.1 Å². The van der Waals surface area contributed by atoms with Gasteiger partial charge in [0.05, 0.1) is 16.7 Å². The maximum atomic E-state index is 12.9. The topological polar surface area (TPSA) is 64.6 Å². The van der Waals surface area contributed by atoms with Crippen LogP contribution in [-0.2, 0) is 14.3 Å². The predicted octanol–water partition coefficient (Wildman–Crippen LogP) is 4.64. The van der Waals surface area contributed by atoms with Crippen molar-refractivity contribution in [2.75, 3.05) is 5.32 Å². The molecule has 3 aliphatic rings. The van der Waals surface area contributed by atoms with Crippen LogP contribution in [0.15, 0.2) is 48.5 Å². The Morgan fingerprint density at radius 1 is 1.07 bits per heavy atom. The summed E-state index contributed by atoms with van der Waals surface area (Å²) in [6, 6.07) is 14.3. The molecule has 1 heterocycles. The van der Waals surface area contributed by atoms with Gasteiger partial charge in [-0.15, -0.1) is 0 Å². The maximum absolute atomic E-state index is 12.9. The second kappa shape index (κ2) is 6.78. The summed E-state index contributed by atoms with van der Waals surface area (Å²) >= 11 is 9.51. The molecule has 0 radical (unpaired) electrons. The zero-order valence-corrected chi connectivity index (χ0v) is 17.0. The van der Waals surface area contributed by atoms with Gasteiger partial charge in [-0.05, 0) is 60.9 Å². The molecule has 2 bridgehead atoms. The number of carbonyl (C=O) groups excluding carboxylic acids is 2. The van der Waals surface area contributed by atoms with Crippen LogP contribution in [0.3, 0.4) is 0 Å². The summed E-state index contributed by atoms with van der Waals surface area (Å²) in [7, 11) is 0. The molecule has 3 fully saturated rings. The summed E-state index contributed by atoms with van der Waals surface area (Å²) < 4.78 is 11.2. The van der Waals surface area contributed by atoms with Crippen molar-refractivity contribution in [3.8, 4) is 11.5 Å². The number of hydrogen-bond acceptors (Lipinski definition) is 4. The molecular weight excluding hydrogens is 446 g/mol. The Labute approximate surface area is 175 Å². The van der Waals surface area contributed by atoms with Gasteiger partial charge >= 0.3 is 5.97 Å². The van der Waals surface area contributed by atoms with Crippen LogP contribution in [-0.4, -0.2) is 22.8 Å². The van der Waals surface area contributed by atoms with Crippen LogP contribution in [0.4, 0.5) is 5.69 Å². The predicted molar refractivity (Wildman–Crippen MR) is 108 cm³/mol. The van der Waals surface area contributed by atoms with Crippen LogP contribution in [0.5, 0.6) is 11.5 Å². The van der Waals surface area contributed by atoms with Gasteiger partial charge in [-0.25, -0.2) is 0 Å². The standard InChI is InChI=1S/C21H17BrClNO4/c22-18-14-9-15-17(21(26)28-19(15)18)16(14)20(25)24-11-3-7-13(8-4-11)27-12-5-1-10(23)2-6-12/h1-8,14-19H,9H2,(H,24,25)/t14-,15-,16-,17+,18-,19+/m1/s1. The van der Waals surface area contributed by atoms with Crippen LogP contribution in [0.1, 0.15) is 6.42 Å². The van der Waals surface area contributed by atoms with E-state index in [1.54, 1.807) is 48.5 Å². The second-order valence-electron chi connectivity index (χ2n) is 7.53. The first-order valence-corrected chi connectivity index (χ1v) is 10.5. The normalized spacial score (nSPS) is 32.3. The number of rotatable bonds is 4. The van der Waals surface area contributed by atoms with Gasteiger partial charge in [0.25, 0.3) is 0 Å². The van der Waals surface area contributed by atoms with Crippen LogP contribution in [0.2, 0.25) is 5.02 Å². The summed E-state index contributed by atoms with van der Waals surface area (Å²) in [5.41, 5.74) is 0.672. The van der Waals surface area contributed by atoms with Crippen molar-refractivity contribution in [2.24, 2.45) is 23.7 Å². The average molecular weight is 463 g/mol. The number of halogens is 2. The number of carbonyl (C=O) groups is 2. The number of alkyl halides is 1. The van der Waals surface area contributed by atoms with Gasteiger partial charge in [-0.1, -0.05) is 27.5 Å². The highest BCUT2D eigenvalue weighted by molar-refractivity contribution is 9.09. The van der Waals surface area contributed by atoms with Gasteiger partial charge in [0.2, 0.25) is 5.91 Å². The number of hydrogen-bond donors (Lipinski definition) is 1. The SMILES string of the molecule is O=C(Nc1ccc(Oc2ccc(Cl)cc2)cc1)[C@@H]1[C@H]2C[C@H]3[C@H](OC(=O)[C@@H]31)[C@@H]2Br. The molecule has 0 aromatic heterocycles. The first-order chi connectivity index (χ1) is 13.5. The number of nitrogens with one attached hydrogen (secondary N) is 1. The summed E-state index contributed by atoms with van der Waals surface area (Å²) in [6.45, 7) is 0. The highest BCUT2D eigenvalue weighted by atomic mass is 79.9. The third kappa shape index (κ3) is 2.90. The van der Waals surface area contributed by atoms with E-state index in [1.807, 2.05) is 0 Å². The quantitative estimate of drug-likeness (QED) is 0.531. The maximum Gasteiger partial charge on any atom is 0.310 e. The molecule has 0 spiro atoms. The van der Waals surface area contributed by atoms with Gasteiger partial charge in [0, 0.05) is 16.6 Å². The van der Waals surface area contributed by atoms with Crippen molar-refractivity contribution in [1.29, 1.82) is 0 Å². The van der Waals surface area contributed by atoms with Crippen molar-refractivity contribution >= 4 is 45.1 Å². The fraction of sp³-hybridized carbons (Fsp3) is 0.333. The lowest BCUT2D eigenvalue weighted by atomic mass is 9.79. The Kier molecular flexibility index (Phi) is 4.36. The van der Waals surface area contributed by atoms with Crippen LogP contribution < -0.4 is 10.1 Å². The molecule has 6 atom stereocenters. The molecule has 0 unspecified atom stereocenters. The largest absolute Gasteiger partial charge is 0.461 e. The summed E-state index contributed by atoms with van der Waals surface area (Å²) in [6.07, 6.45) is 0.791. The van der Waals surface area contributed by atoms with Crippen molar-refractivity contribution in [1.82, 2.24) is 0 Å². The number of fused-ring (bicyclic) bond motifs is 1. The second-order valence-corrected chi connectivity index (χ2v) is 9.02. The number of esters is 1. The summed E-state index contributed by atoms with van der Waals surface area (Å²) in [4.78, 5) is 25.2. The lowest BCUT2D eigenvalue weighted by Gasteiger charge is -2.27. The van der Waals surface area contributed by atoms with Gasteiger partial charge in [-0.3, -0.25) is 9.59 Å². The van der Waals surface area contributed by atoms with E-state index >= 15 is 0 Å². The van der Waals surface area contributed by atoms with E-state index < -0.39 is 0 Å². The van der Waals surface area contributed by atoms with Crippen molar-refractivity contribution in [3.05, 3.63) is 53.6 Å². The molecular formula is C21H17BrClNO4. The van der Waals surface area contributed by atoms with E-state index in [0.29, 0.717) is 22.2 Å². The van der Waals surface area contributed by atoms with Gasteiger partial charge < -0.3 is 14.8 Å². The van der Waals surface area contributed by atoms with E-state index in [-0.39, 0.29) is 46.5 Å². The van der Waals surface area contributed by atoms with E-state index in [0.717, 1.165) is 6.42 Å². The lowest BCUT2D eigenvalue weighted by molar-refractivity contribution is -0.145. The molecule has 5 rings (SSSR count). The lowest BCUT2D eigenvalue weighted by Crippen LogP contribution is -2.40. The minimum Gasteiger partial charge on any atom is -0.461 e. The third-order valence-corrected chi connectivity index (χ3v) is 7.45. The summed E-state index contributed by atoms with van der Waals surface area (Å²) in [5.74, 6) is 0.634. The molecule has 1 aliphatic heterocycles. The van der Waals surface area contributed by atoms with Crippen LogP contribution in [0.25, 0.3) is 0 Å². The minimum atomic E-state index is -0.342. The molecule has 1 amide bonds. The van der Waals surface area contributed by atoms with Gasteiger partial charge in [-0.2, -0.15) is 0 Å². The Bertz CT molecular complexity index is 932. The summed E-state index contributed by atoms with van der Waals surface area (Å²) in [5, 5.41) is 3.60.